The van der Waals surface area contributed by atoms with Crippen LogP contribution in [0.25, 0.3) is 0 Å². The summed E-state index contributed by atoms with van der Waals surface area (Å²) in [5, 5.41) is 0. The second-order valence-electron chi connectivity index (χ2n) is 5.83. The number of nitrogens with two attached hydrogens (primary N) is 1. The molecule has 116 valence electrons. The Bertz CT molecular complexity index is 540. The van der Waals surface area contributed by atoms with Crippen molar-refractivity contribution >= 4 is 22.9 Å². The molecule has 1 aromatic rings. The molecule has 1 fully saturated rings. The zero-order valence-corrected chi connectivity index (χ0v) is 12.9. The van der Waals surface area contributed by atoms with Crippen LogP contribution in [0, 0.1) is 11.8 Å². The molecule has 1 heterocycles. The number of thiocarbonyl (C=S) groups is 1. The Morgan fingerprint density at radius 2 is 2.05 bits per heavy atom. The monoisotopic (exact) mass is 316 g/mol. The molecule has 1 saturated heterocycles. The normalized spacial score (nSPS) is 19.3. The summed E-state index contributed by atoms with van der Waals surface area (Å²) in [4.78, 5) is 1.78. The van der Waals surface area contributed by atoms with Crippen LogP contribution in [-0.2, 0) is 6.18 Å². The van der Waals surface area contributed by atoms with E-state index in [0.717, 1.165) is 25.6 Å². The molecule has 0 bridgehead atoms. The summed E-state index contributed by atoms with van der Waals surface area (Å²) in [7, 11) is 0. The van der Waals surface area contributed by atoms with E-state index in [-0.39, 0.29) is 10.6 Å². The molecule has 0 aliphatic carbocycles. The highest BCUT2D eigenvalue weighted by Crippen LogP contribution is 2.36. The summed E-state index contributed by atoms with van der Waals surface area (Å²) in [6.45, 7) is 5.87. The van der Waals surface area contributed by atoms with Gasteiger partial charge in [0.15, 0.2) is 0 Å². The fourth-order valence-electron chi connectivity index (χ4n) is 2.74. The van der Waals surface area contributed by atoms with Crippen LogP contribution in [-0.4, -0.2) is 18.1 Å². The summed E-state index contributed by atoms with van der Waals surface area (Å²) >= 11 is 4.71. The smallest absolute Gasteiger partial charge is 0.389 e. The molecule has 0 amide bonds. The van der Waals surface area contributed by atoms with Crippen molar-refractivity contribution in [1.82, 2.24) is 0 Å². The molecule has 0 spiro atoms. The van der Waals surface area contributed by atoms with Crippen molar-refractivity contribution in [2.75, 3.05) is 18.0 Å². The first-order valence-corrected chi connectivity index (χ1v) is 7.37. The van der Waals surface area contributed by atoms with Crippen LogP contribution >= 0.6 is 12.2 Å². The molecule has 2 nitrogen and oxygen atoms in total. The number of benzene rings is 1. The minimum atomic E-state index is -4.45. The maximum Gasteiger partial charge on any atom is 0.417 e. The van der Waals surface area contributed by atoms with Crippen LogP contribution in [0.5, 0.6) is 0 Å². The van der Waals surface area contributed by atoms with Crippen molar-refractivity contribution in [1.29, 1.82) is 0 Å². The van der Waals surface area contributed by atoms with E-state index in [1.54, 1.807) is 6.07 Å². The summed E-state index contributed by atoms with van der Waals surface area (Å²) in [5.74, 6) is 1.06. The van der Waals surface area contributed by atoms with Gasteiger partial charge in [-0.1, -0.05) is 26.1 Å². The van der Waals surface area contributed by atoms with E-state index in [4.69, 9.17) is 18.0 Å². The molecule has 0 radical (unpaired) electrons. The molecule has 1 unspecified atom stereocenters. The first-order valence-electron chi connectivity index (χ1n) is 6.96. The molecule has 6 heteroatoms. The van der Waals surface area contributed by atoms with Gasteiger partial charge in [0.2, 0.25) is 0 Å². The third-order valence-electron chi connectivity index (χ3n) is 4.11. The molecule has 1 aromatic carbocycles. The van der Waals surface area contributed by atoms with E-state index in [1.165, 1.54) is 6.07 Å². The van der Waals surface area contributed by atoms with Crippen molar-refractivity contribution in [3.8, 4) is 0 Å². The van der Waals surface area contributed by atoms with Gasteiger partial charge in [0.1, 0.15) is 4.99 Å². The molecule has 0 aromatic heterocycles. The van der Waals surface area contributed by atoms with Crippen LogP contribution < -0.4 is 10.6 Å². The fraction of sp³-hybridized carbons (Fsp3) is 0.533. The second kappa shape index (κ2) is 5.83. The Balaban J connectivity index is 2.33. The Kier molecular flexibility index (Phi) is 4.46. The van der Waals surface area contributed by atoms with Crippen LogP contribution in [0.4, 0.5) is 18.9 Å². The van der Waals surface area contributed by atoms with Crippen molar-refractivity contribution in [3.05, 3.63) is 29.3 Å². The van der Waals surface area contributed by atoms with Crippen LogP contribution in [0.2, 0.25) is 0 Å². The molecule has 0 saturated carbocycles. The van der Waals surface area contributed by atoms with Gasteiger partial charge in [-0.3, -0.25) is 0 Å². The Hall–Kier alpha value is -1.30. The predicted octanol–water partition coefficient (Wildman–Crippen LogP) is 3.82. The van der Waals surface area contributed by atoms with Crippen molar-refractivity contribution in [2.24, 2.45) is 17.6 Å². The number of nitrogens with zero attached hydrogens (tertiary/aromatic N) is 1. The maximum atomic E-state index is 13.1. The molecule has 1 aliphatic rings. The Labute approximate surface area is 128 Å². The maximum absolute atomic E-state index is 13.1. The van der Waals surface area contributed by atoms with E-state index < -0.39 is 11.7 Å². The lowest BCUT2D eigenvalue weighted by Crippen LogP contribution is -2.23. The highest BCUT2D eigenvalue weighted by molar-refractivity contribution is 7.80. The number of anilines is 1. The molecule has 2 rings (SSSR count). The molecular weight excluding hydrogens is 297 g/mol. The first kappa shape index (κ1) is 16.1. The number of hydrogen-bond donors (Lipinski definition) is 1. The van der Waals surface area contributed by atoms with Crippen LogP contribution in [0.1, 0.15) is 31.4 Å². The van der Waals surface area contributed by atoms with Gasteiger partial charge in [0.05, 0.1) is 5.56 Å². The molecule has 1 atom stereocenters. The van der Waals surface area contributed by atoms with Gasteiger partial charge in [-0.2, -0.15) is 13.2 Å². The average Bonchev–Trinajstić information content (AvgIpc) is 2.86. The van der Waals surface area contributed by atoms with Gasteiger partial charge in [0.25, 0.3) is 0 Å². The molecule has 1 aliphatic heterocycles. The van der Waals surface area contributed by atoms with Crippen molar-refractivity contribution in [3.63, 3.8) is 0 Å². The van der Waals surface area contributed by atoms with E-state index >= 15 is 0 Å². The van der Waals surface area contributed by atoms with Gasteiger partial charge in [-0.25, -0.2) is 0 Å². The quantitative estimate of drug-likeness (QED) is 0.860. The van der Waals surface area contributed by atoms with Crippen molar-refractivity contribution in [2.45, 2.75) is 26.4 Å². The zero-order valence-electron chi connectivity index (χ0n) is 12.1. The largest absolute Gasteiger partial charge is 0.417 e. The third-order valence-corrected chi connectivity index (χ3v) is 4.33. The number of rotatable bonds is 3. The lowest BCUT2D eigenvalue weighted by Gasteiger charge is -2.22. The Morgan fingerprint density at radius 1 is 1.38 bits per heavy atom. The van der Waals surface area contributed by atoms with Gasteiger partial charge >= 0.3 is 6.18 Å². The highest BCUT2D eigenvalue weighted by atomic mass is 32.1. The number of halogens is 3. The summed E-state index contributed by atoms with van der Waals surface area (Å²) in [6.07, 6.45) is -3.44. The van der Waals surface area contributed by atoms with Gasteiger partial charge in [-0.15, -0.1) is 0 Å². The van der Waals surface area contributed by atoms with E-state index in [2.05, 4.69) is 13.8 Å². The van der Waals surface area contributed by atoms with E-state index in [0.29, 0.717) is 17.5 Å². The van der Waals surface area contributed by atoms with Gasteiger partial charge < -0.3 is 10.6 Å². The second-order valence-corrected chi connectivity index (χ2v) is 6.27. The fourth-order valence-corrected chi connectivity index (χ4v) is 2.92. The third kappa shape index (κ3) is 3.48. The number of hydrogen-bond acceptors (Lipinski definition) is 2. The van der Waals surface area contributed by atoms with Crippen LogP contribution in [0.3, 0.4) is 0 Å². The van der Waals surface area contributed by atoms with Crippen molar-refractivity contribution < 1.29 is 13.2 Å². The summed E-state index contributed by atoms with van der Waals surface area (Å²) in [5.41, 5.74) is 5.12. The lowest BCUT2D eigenvalue weighted by molar-refractivity contribution is -0.137. The Morgan fingerprint density at radius 3 is 2.52 bits per heavy atom. The van der Waals surface area contributed by atoms with Gasteiger partial charge in [-0.05, 0) is 36.5 Å². The summed E-state index contributed by atoms with van der Waals surface area (Å²) in [6, 6.07) is 4.22. The predicted molar refractivity (Wildman–Crippen MR) is 82.5 cm³/mol. The highest BCUT2D eigenvalue weighted by Gasteiger charge is 2.35. The SMILES string of the molecule is CC(C)C1CCN(c2ccc(C(N)=S)c(C(F)(F)F)c2)C1. The minimum Gasteiger partial charge on any atom is -0.389 e. The number of alkyl halides is 3. The van der Waals surface area contributed by atoms with E-state index in [1.807, 2.05) is 4.90 Å². The molecule has 2 N–H and O–H groups in total. The van der Waals surface area contributed by atoms with Crippen LogP contribution in [0.15, 0.2) is 18.2 Å². The molecular formula is C15H19F3N2S. The molecule has 21 heavy (non-hydrogen) atoms. The first-order chi connectivity index (χ1) is 9.70. The summed E-state index contributed by atoms with van der Waals surface area (Å²) < 4.78 is 39.4. The van der Waals surface area contributed by atoms with E-state index in [9.17, 15) is 13.2 Å². The standard InChI is InChI=1S/C15H19F3N2S/c1-9(2)10-5-6-20(8-10)11-3-4-12(14(19)21)13(7-11)15(16,17)18/h3-4,7,9-10H,5-6,8H2,1-2H3,(H2,19,21). The zero-order chi connectivity index (χ0) is 15.8. The lowest BCUT2D eigenvalue weighted by atomic mass is 9.95. The topological polar surface area (TPSA) is 29.3 Å². The minimum absolute atomic E-state index is 0.110. The van der Waals surface area contributed by atoms with Gasteiger partial charge in [0, 0.05) is 24.3 Å². The average molecular weight is 316 g/mol.